The fourth-order valence-electron chi connectivity index (χ4n) is 3.06. The predicted molar refractivity (Wildman–Crippen MR) is 83.6 cm³/mol. The molecule has 2 heterocycles. The highest BCUT2D eigenvalue weighted by molar-refractivity contribution is 5.71. The molecule has 2 N–H and O–H groups in total. The van der Waals surface area contributed by atoms with Gasteiger partial charge in [-0.25, -0.2) is 9.97 Å². The third kappa shape index (κ3) is 3.15. The lowest BCUT2D eigenvalue weighted by Gasteiger charge is -2.44. The number of rotatable bonds is 5. The largest absolute Gasteiger partial charge is 0.466 e. The van der Waals surface area contributed by atoms with Crippen LogP contribution in [0.4, 0.5) is 5.95 Å². The Balaban J connectivity index is 1.81. The maximum Gasteiger partial charge on any atom is 0.302 e. The van der Waals surface area contributed by atoms with Crippen LogP contribution in [0.1, 0.15) is 26.3 Å². The van der Waals surface area contributed by atoms with Crippen molar-refractivity contribution in [1.82, 2.24) is 19.5 Å². The van der Waals surface area contributed by atoms with Gasteiger partial charge in [-0.3, -0.25) is 9.59 Å². The molecule has 0 saturated heterocycles. The van der Waals surface area contributed by atoms with Gasteiger partial charge in [0.25, 0.3) is 0 Å². The summed E-state index contributed by atoms with van der Waals surface area (Å²) in [6, 6.07) is 0.0456. The lowest BCUT2D eigenvalue weighted by atomic mass is 9.69. The van der Waals surface area contributed by atoms with E-state index < -0.39 is 0 Å². The molecule has 0 amide bonds. The van der Waals surface area contributed by atoms with Gasteiger partial charge in [0.15, 0.2) is 5.65 Å². The summed E-state index contributed by atoms with van der Waals surface area (Å²) >= 11 is 0. The summed E-state index contributed by atoms with van der Waals surface area (Å²) in [6.07, 6.45) is 4.03. The van der Waals surface area contributed by atoms with Gasteiger partial charge in [0.1, 0.15) is 5.52 Å². The van der Waals surface area contributed by atoms with Crippen molar-refractivity contribution in [3.8, 4) is 0 Å². The molecule has 1 saturated carbocycles. The molecule has 9 nitrogen and oxygen atoms in total. The standard InChI is InChI=1S/C15H19N5O4/c1-8(21)23-5-10-3-13(11(10)6-24-9(2)22)20-7-18-12-4-17-15(16)19-14(12)20/h4,7,10-11,13H,3,5-6H2,1-2H3,(H2,16,17,19)/t10-,11+,13-/m1/s1. The van der Waals surface area contributed by atoms with Gasteiger partial charge in [0.05, 0.1) is 25.7 Å². The van der Waals surface area contributed by atoms with Crippen LogP contribution in [0.15, 0.2) is 12.5 Å². The number of nitrogens with zero attached hydrogens (tertiary/aromatic N) is 4. The summed E-state index contributed by atoms with van der Waals surface area (Å²) in [4.78, 5) is 34.6. The van der Waals surface area contributed by atoms with Gasteiger partial charge in [-0.1, -0.05) is 0 Å². The Morgan fingerprint density at radius 2 is 1.96 bits per heavy atom. The SMILES string of the molecule is CC(=O)OC[C@H]1C[C@@H](n2cnc3cnc(N)nc32)[C@H]1COC(C)=O. The molecule has 128 valence electrons. The van der Waals surface area contributed by atoms with E-state index in [1.54, 1.807) is 12.5 Å². The Hall–Kier alpha value is -2.71. The van der Waals surface area contributed by atoms with Crippen molar-refractivity contribution in [2.24, 2.45) is 11.8 Å². The first-order chi connectivity index (χ1) is 11.5. The monoisotopic (exact) mass is 333 g/mol. The van der Waals surface area contributed by atoms with Crippen molar-refractivity contribution in [2.75, 3.05) is 18.9 Å². The Morgan fingerprint density at radius 3 is 2.67 bits per heavy atom. The molecule has 0 unspecified atom stereocenters. The van der Waals surface area contributed by atoms with Crippen LogP contribution in [0.5, 0.6) is 0 Å². The second-order valence-corrected chi connectivity index (χ2v) is 5.92. The van der Waals surface area contributed by atoms with Crippen LogP contribution >= 0.6 is 0 Å². The molecule has 24 heavy (non-hydrogen) atoms. The van der Waals surface area contributed by atoms with Crippen molar-refractivity contribution >= 4 is 29.1 Å². The summed E-state index contributed by atoms with van der Waals surface area (Å²) in [5.41, 5.74) is 6.96. The topological polar surface area (TPSA) is 122 Å². The zero-order valence-corrected chi connectivity index (χ0v) is 13.5. The normalized spacial score (nSPS) is 22.8. The summed E-state index contributed by atoms with van der Waals surface area (Å²) in [7, 11) is 0. The minimum Gasteiger partial charge on any atom is -0.466 e. The average Bonchev–Trinajstić information content (AvgIpc) is 2.88. The van der Waals surface area contributed by atoms with Gasteiger partial charge in [-0.15, -0.1) is 0 Å². The molecule has 1 fully saturated rings. The number of nitrogen functional groups attached to an aromatic ring is 1. The number of ether oxygens (including phenoxy) is 2. The highest BCUT2D eigenvalue weighted by atomic mass is 16.5. The molecule has 0 aliphatic heterocycles. The first-order valence-electron chi connectivity index (χ1n) is 7.67. The minimum absolute atomic E-state index is 0.0156. The number of aromatic nitrogens is 4. The average molecular weight is 333 g/mol. The Morgan fingerprint density at radius 1 is 1.25 bits per heavy atom. The van der Waals surface area contributed by atoms with Gasteiger partial charge < -0.3 is 19.8 Å². The molecule has 2 aromatic heterocycles. The lowest BCUT2D eigenvalue weighted by Crippen LogP contribution is -2.44. The van der Waals surface area contributed by atoms with Crippen molar-refractivity contribution in [1.29, 1.82) is 0 Å². The van der Waals surface area contributed by atoms with E-state index in [2.05, 4.69) is 15.0 Å². The minimum atomic E-state index is -0.339. The quantitative estimate of drug-likeness (QED) is 0.794. The molecular weight excluding hydrogens is 314 g/mol. The Kier molecular flexibility index (Phi) is 4.32. The van der Waals surface area contributed by atoms with E-state index in [4.69, 9.17) is 15.2 Å². The summed E-state index contributed by atoms with van der Waals surface area (Å²) < 4.78 is 12.2. The third-order valence-corrected chi connectivity index (χ3v) is 4.32. The first kappa shape index (κ1) is 16.2. The van der Waals surface area contributed by atoms with E-state index in [1.165, 1.54) is 13.8 Å². The molecular formula is C15H19N5O4. The van der Waals surface area contributed by atoms with E-state index in [1.807, 2.05) is 4.57 Å². The lowest BCUT2D eigenvalue weighted by molar-refractivity contribution is -0.152. The number of anilines is 1. The van der Waals surface area contributed by atoms with Crippen LogP contribution in [-0.4, -0.2) is 44.7 Å². The van der Waals surface area contributed by atoms with Gasteiger partial charge in [-0.2, -0.15) is 4.98 Å². The third-order valence-electron chi connectivity index (χ3n) is 4.32. The predicted octanol–water partition coefficient (Wildman–Crippen LogP) is 0.712. The van der Waals surface area contributed by atoms with Crippen LogP contribution in [0, 0.1) is 11.8 Å². The van der Waals surface area contributed by atoms with Crippen molar-refractivity contribution < 1.29 is 19.1 Å². The van der Waals surface area contributed by atoms with Crippen molar-refractivity contribution in [3.05, 3.63) is 12.5 Å². The van der Waals surface area contributed by atoms with Crippen molar-refractivity contribution in [3.63, 3.8) is 0 Å². The zero-order chi connectivity index (χ0) is 17.3. The van der Waals surface area contributed by atoms with E-state index in [0.29, 0.717) is 17.8 Å². The molecule has 1 aliphatic rings. The van der Waals surface area contributed by atoms with Gasteiger partial charge in [0, 0.05) is 31.7 Å². The highest BCUT2D eigenvalue weighted by Gasteiger charge is 2.44. The number of carbonyl (C=O) groups excluding carboxylic acids is 2. The smallest absolute Gasteiger partial charge is 0.302 e. The van der Waals surface area contributed by atoms with Crippen LogP contribution in [-0.2, 0) is 19.1 Å². The second-order valence-electron chi connectivity index (χ2n) is 5.92. The number of nitrogens with two attached hydrogens (primary N) is 1. The second kappa shape index (κ2) is 6.42. The van der Waals surface area contributed by atoms with Gasteiger partial charge in [0.2, 0.25) is 5.95 Å². The fraction of sp³-hybridized carbons (Fsp3) is 0.533. The van der Waals surface area contributed by atoms with E-state index in [-0.39, 0.29) is 42.4 Å². The molecule has 3 atom stereocenters. The summed E-state index contributed by atoms with van der Waals surface area (Å²) in [6.45, 7) is 3.31. The molecule has 1 aliphatic carbocycles. The molecule has 0 radical (unpaired) electrons. The zero-order valence-electron chi connectivity index (χ0n) is 13.5. The Labute approximate surface area is 138 Å². The molecule has 0 spiro atoms. The number of hydrogen-bond acceptors (Lipinski definition) is 8. The molecule has 2 aromatic rings. The van der Waals surface area contributed by atoms with Crippen LogP contribution in [0.3, 0.4) is 0 Å². The maximum absolute atomic E-state index is 11.1. The summed E-state index contributed by atoms with van der Waals surface area (Å²) in [5, 5.41) is 0. The molecule has 9 heteroatoms. The van der Waals surface area contributed by atoms with Gasteiger partial charge >= 0.3 is 11.9 Å². The van der Waals surface area contributed by atoms with Crippen molar-refractivity contribution in [2.45, 2.75) is 26.3 Å². The Bertz CT molecular complexity index is 774. The van der Waals surface area contributed by atoms with Crippen LogP contribution in [0.25, 0.3) is 11.2 Å². The van der Waals surface area contributed by atoms with Crippen LogP contribution < -0.4 is 5.73 Å². The fourth-order valence-corrected chi connectivity index (χ4v) is 3.06. The number of imidazole rings is 1. The van der Waals surface area contributed by atoms with Gasteiger partial charge in [-0.05, 0) is 6.42 Å². The van der Waals surface area contributed by atoms with E-state index >= 15 is 0 Å². The molecule has 0 aromatic carbocycles. The number of esters is 2. The summed E-state index contributed by atoms with van der Waals surface area (Å²) in [5.74, 6) is -0.347. The maximum atomic E-state index is 11.1. The first-order valence-corrected chi connectivity index (χ1v) is 7.67. The molecule has 3 rings (SSSR count). The number of carbonyl (C=O) groups is 2. The number of fused-ring (bicyclic) bond motifs is 1. The van der Waals surface area contributed by atoms with E-state index in [0.717, 1.165) is 6.42 Å². The van der Waals surface area contributed by atoms with E-state index in [9.17, 15) is 9.59 Å². The highest BCUT2D eigenvalue weighted by Crippen LogP contribution is 2.45. The molecule has 0 bridgehead atoms. The number of hydrogen-bond donors (Lipinski definition) is 1. The van der Waals surface area contributed by atoms with Crippen LogP contribution in [0.2, 0.25) is 0 Å².